The van der Waals surface area contributed by atoms with Crippen LogP contribution in [0.1, 0.15) is 5.56 Å². The van der Waals surface area contributed by atoms with Crippen LogP contribution < -0.4 is 15.2 Å². The molecule has 1 aliphatic rings. The minimum absolute atomic E-state index is 0. The molecule has 0 amide bonds. The Labute approximate surface area is 148 Å². The summed E-state index contributed by atoms with van der Waals surface area (Å²) in [4.78, 5) is 6.49. The summed E-state index contributed by atoms with van der Waals surface area (Å²) in [5, 5.41) is 0. The van der Waals surface area contributed by atoms with Gasteiger partial charge in [0.1, 0.15) is 11.5 Å². The molecule has 124 valence electrons. The van der Waals surface area contributed by atoms with Crippen molar-refractivity contribution in [1.29, 1.82) is 0 Å². The number of nitrogens with zero attached hydrogens (tertiary/aromatic N) is 2. The normalized spacial score (nSPS) is 15.2. The molecule has 2 N–H and O–H groups in total. The number of ether oxygens (including phenoxy) is 3. The Balaban J connectivity index is 0.00000242. The van der Waals surface area contributed by atoms with Gasteiger partial charge >= 0.3 is 0 Å². The predicted octanol–water partition coefficient (Wildman–Crippen LogP) is 1.51. The van der Waals surface area contributed by atoms with Crippen molar-refractivity contribution in [3.63, 3.8) is 0 Å². The number of morpholine rings is 1. The molecule has 1 fully saturated rings. The highest BCUT2D eigenvalue weighted by molar-refractivity contribution is 14.0. The highest BCUT2D eigenvalue weighted by atomic mass is 127. The summed E-state index contributed by atoms with van der Waals surface area (Å²) in [6, 6.07) is 5.76. The van der Waals surface area contributed by atoms with E-state index in [-0.39, 0.29) is 24.0 Å². The smallest absolute Gasteiger partial charge is 0.191 e. The lowest BCUT2D eigenvalue weighted by Gasteiger charge is -2.27. The Morgan fingerprint density at radius 1 is 1.27 bits per heavy atom. The van der Waals surface area contributed by atoms with Gasteiger partial charge in [-0.15, -0.1) is 24.0 Å². The van der Waals surface area contributed by atoms with Crippen molar-refractivity contribution in [2.24, 2.45) is 10.7 Å². The van der Waals surface area contributed by atoms with Gasteiger partial charge in [0.05, 0.1) is 27.4 Å². The molecule has 6 nitrogen and oxygen atoms in total. The van der Waals surface area contributed by atoms with Gasteiger partial charge in [-0.3, -0.25) is 4.99 Å². The van der Waals surface area contributed by atoms with E-state index < -0.39 is 0 Å². The largest absolute Gasteiger partial charge is 0.497 e. The fraction of sp³-hybridized carbons (Fsp3) is 0.533. The molecule has 0 saturated carbocycles. The second kappa shape index (κ2) is 9.73. The molecule has 0 atom stereocenters. The van der Waals surface area contributed by atoms with E-state index in [1.807, 2.05) is 23.1 Å². The van der Waals surface area contributed by atoms with Crippen LogP contribution in [-0.4, -0.2) is 57.9 Å². The van der Waals surface area contributed by atoms with Gasteiger partial charge in [-0.2, -0.15) is 0 Å². The summed E-state index contributed by atoms with van der Waals surface area (Å²) < 4.78 is 15.9. The molecule has 0 spiro atoms. The average Bonchev–Trinajstić information content (AvgIpc) is 2.55. The number of rotatable bonds is 5. The van der Waals surface area contributed by atoms with Gasteiger partial charge in [-0.05, 0) is 30.2 Å². The quantitative estimate of drug-likeness (QED) is 0.444. The Morgan fingerprint density at radius 3 is 2.64 bits per heavy atom. The Hall–Kier alpha value is -1.22. The zero-order valence-corrected chi connectivity index (χ0v) is 15.4. The van der Waals surface area contributed by atoms with Crippen LogP contribution >= 0.6 is 24.0 Å². The van der Waals surface area contributed by atoms with Gasteiger partial charge < -0.3 is 24.8 Å². The standard InChI is InChI=1S/C15H23N3O3.HI/c1-19-13-3-4-14(20-2)12(11-13)5-6-17-15(16)18-7-9-21-10-8-18;/h3-4,11H,5-10H2,1-2H3,(H2,16,17);1H. The average molecular weight is 421 g/mol. The van der Waals surface area contributed by atoms with Gasteiger partial charge in [0.2, 0.25) is 0 Å². The van der Waals surface area contributed by atoms with Crippen LogP contribution in [0.4, 0.5) is 0 Å². The summed E-state index contributed by atoms with van der Waals surface area (Å²) in [6.07, 6.45) is 0.755. The van der Waals surface area contributed by atoms with Crippen LogP contribution in [0.5, 0.6) is 11.5 Å². The number of methoxy groups -OCH3 is 2. The Kier molecular flexibility index (Phi) is 8.32. The van der Waals surface area contributed by atoms with Crippen molar-refractivity contribution in [2.75, 3.05) is 47.1 Å². The number of hydrogen-bond acceptors (Lipinski definition) is 4. The van der Waals surface area contributed by atoms with Gasteiger partial charge in [0, 0.05) is 19.6 Å². The first-order valence-corrected chi connectivity index (χ1v) is 7.08. The first kappa shape index (κ1) is 18.8. The highest BCUT2D eigenvalue weighted by Crippen LogP contribution is 2.24. The van der Waals surface area contributed by atoms with Crippen LogP contribution in [0.2, 0.25) is 0 Å². The van der Waals surface area contributed by atoms with E-state index in [2.05, 4.69) is 4.99 Å². The van der Waals surface area contributed by atoms with Crippen molar-refractivity contribution in [1.82, 2.24) is 4.90 Å². The fourth-order valence-electron chi connectivity index (χ4n) is 2.26. The maximum absolute atomic E-state index is 6.00. The number of halogens is 1. The molecule has 0 radical (unpaired) electrons. The molecule has 1 heterocycles. The maximum Gasteiger partial charge on any atom is 0.191 e. The summed E-state index contributed by atoms with van der Waals surface area (Å²) in [5.41, 5.74) is 7.07. The van der Waals surface area contributed by atoms with Crippen LogP contribution in [0, 0.1) is 0 Å². The molecule has 0 aliphatic carbocycles. The first-order chi connectivity index (χ1) is 10.2. The molecular weight excluding hydrogens is 397 g/mol. The van der Waals surface area contributed by atoms with E-state index in [0.29, 0.717) is 25.7 Å². The first-order valence-electron chi connectivity index (χ1n) is 7.08. The molecule has 0 unspecified atom stereocenters. The zero-order chi connectivity index (χ0) is 15.1. The summed E-state index contributed by atoms with van der Waals surface area (Å²) in [5.74, 6) is 2.24. The van der Waals surface area contributed by atoms with Gasteiger partial charge in [0.15, 0.2) is 5.96 Å². The molecule has 0 aromatic heterocycles. The number of hydrogen-bond donors (Lipinski definition) is 1. The lowest BCUT2D eigenvalue weighted by molar-refractivity contribution is 0.0674. The molecule has 0 bridgehead atoms. The van der Waals surface area contributed by atoms with E-state index in [1.54, 1.807) is 14.2 Å². The Bertz CT molecular complexity index is 491. The van der Waals surface area contributed by atoms with Crippen LogP contribution in [0.15, 0.2) is 23.2 Å². The summed E-state index contributed by atoms with van der Waals surface area (Å²) in [6.45, 7) is 3.64. The molecule has 1 aromatic rings. The SMILES string of the molecule is COc1ccc(OC)c(CCN=C(N)N2CCOCC2)c1.I. The molecule has 22 heavy (non-hydrogen) atoms. The zero-order valence-electron chi connectivity index (χ0n) is 13.1. The maximum atomic E-state index is 6.00. The van der Waals surface area contributed by atoms with Gasteiger partial charge in [0.25, 0.3) is 0 Å². The number of benzene rings is 1. The molecule has 2 rings (SSSR count). The fourth-order valence-corrected chi connectivity index (χ4v) is 2.26. The van der Waals surface area contributed by atoms with Crippen molar-refractivity contribution >= 4 is 29.9 Å². The van der Waals surface area contributed by atoms with Crippen molar-refractivity contribution < 1.29 is 14.2 Å². The summed E-state index contributed by atoms with van der Waals surface area (Å²) >= 11 is 0. The molecule has 7 heteroatoms. The number of nitrogens with two attached hydrogens (primary N) is 1. The topological polar surface area (TPSA) is 69.3 Å². The van der Waals surface area contributed by atoms with E-state index in [4.69, 9.17) is 19.9 Å². The highest BCUT2D eigenvalue weighted by Gasteiger charge is 2.12. The third kappa shape index (κ3) is 5.20. The second-order valence-electron chi connectivity index (χ2n) is 4.77. The van der Waals surface area contributed by atoms with E-state index >= 15 is 0 Å². The van der Waals surface area contributed by atoms with Crippen molar-refractivity contribution in [3.8, 4) is 11.5 Å². The lowest BCUT2D eigenvalue weighted by atomic mass is 10.1. The summed E-state index contributed by atoms with van der Waals surface area (Å²) in [7, 11) is 3.32. The molecule has 1 saturated heterocycles. The van der Waals surface area contributed by atoms with Crippen LogP contribution in [0.3, 0.4) is 0 Å². The van der Waals surface area contributed by atoms with E-state index in [1.165, 1.54) is 0 Å². The molecule has 1 aliphatic heterocycles. The minimum Gasteiger partial charge on any atom is -0.497 e. The Morgan fingerprint density at radius 2 is 2.00 bits per heavy atom. The second-order valence-corrected chi connectivity index (χ2v) is 4.77. The number of guanidine groups is 1. The lowest BCUT2D eigenvalue weighted by Crippen LogP contribution is -2.44. The third-order valence-corrected chi connectivity index (χ3v) is 3.48. The minimum atomic E-state index is 0. The number of aliphatic imine (C=N–C) groups is 1. The van der Waals surface area contributed by atoms with Crippen molar-refractivity contribution in [3.05, 3.63) is 23.8 Å². The van der Waals surface area contributed by atoms with Gasteiger partial charge in [-0.1, -0.05) is 0 Å². The predicted molar refractivity (Wildman–Crippen MR) is 97.5 cm³/mol. The third-order valence-electron chi connectivity index (χ3n) is 3.48. The van der Waals surface area contributed by atoms with Crippen LogP contribution in [-0.2, 0) is 11.2 Å². The monoisotopic (exact) mass is 421 g/mol. The van der Waals surface area contributed by atoms with Crippen molar-refractivity contribution in [2.45, 2.75) is 6.42 Å². The molecule has 1 aromatic carbocycles. The van der Waals surface area contributed by atoms with E-state index in [9.17, 15) is 0 Å². The van der Waals surface area contributed by atoms with E-state index in [0.717, 1.165) is 36.6 Å². The van der Waals surface area contributed by atoms with Gasteiger partial charge in [-0.25, -0.2) is 0 Å². The molecular formula is C15H24IN3O3. The van der Waals surface area contributed by atoms with Crippen LogP contribution in [0.25, 0.3) is 0 Å².